The van der Waals surface area contributed by atoms with Gasteiger partial charge in [-0.2, -0.15) is 0 Å². The van der Waals surface area contributed by atoms with Gasteiger partial charge in [0.05, 0.1) is 0 Å². The molecule has 0 radical (unpaired) electrons. The van der Waals surface area contributed by atoms with E-state index in [0.717, 1.165) is 17.1 Å². The Bertz CT molecular complexity index is 134. The highest BCUT2D eigenvalue weighted by molar-refractivity contribution is 8.03. The molecule has 0 bridgehead atoms. The first kappa shape index (κ1) is 9.57. The molecule has 0 unspecified atom stereocenters. The van der Waals surface area contributed by atoms with Gasteiger partial charge in [-0.25, -0.2) is 0 Å². The average molecular weight is 154 g/mol. The Morgan fingerprint density at radius 3 is 2.80 bits per heavy atom. The van der Waals surface area contributed by atoms with Crippen LogP contribution < -0.4 is 0 Å². The van der Waals surface area contributed by atoms with Crippen molar-refractivity contribution in [2.24, 2.45) is 0 Å². The molecular weight excluding hydrogens is 140 g/mol. The number of hydrogen-bond donors (Lipinski definition) is 0. The molecule has 56 valence electrons. The van der Waals surface area contributed by atoms with Crippen LogP contribution in [0.25, 0.3) is 0 Å². The van der Waals surface area contributed by atoms with Gasteiger partial charge < -0.3 is 0 Å². The van der Waals surface area contributed by atoms with E-state index in [0.29, 0.717) is 0 Å². The maximum Gasteiger partial charge on any atom is -0.000319 e. The van der Waals surface area contributed by atoms with Crippen molar-refractivity contribution in [1.29, 1.82) is 0 Å². The number of thioether (sulfide) groups is 1. The minimum atomic E-state index is 0.934. The van der Waals surface area contributed by atoms with Crippen molar-refractivity contribution in [3.8, 4) is 0 Å². The predicted molar refractivity (Wildman–Crippen MR) is 51.2 cm³/mol. The molecule has 0 aliphatic heterocycles. The fourth-order valence-corrected chi connectivity index (χ4v) is 1.09. The van der Waals surface area contributed by atoms with Gasteiger partial charge in [-0.05, 0) is 17.1 Å². The summed E-state index contributed by atoms with van der Waals surface area (Å²) in [5.41, 5.74) is 0. The smallest absolute Gasteiger partial charge is 0.000319 e. The highest BCUT2D eigenvalue weighted by atomic mass is 32.2. The summed E-state index contributed by atoms with van der Waals surface area (Å²) in [5.74, 6) is 1.09. The van der Waals surface area contributed by atoms with Gasteiger partial charge in [-0.3, -0.25) is 0 Å². The van der Waals surface area contributed by atoms with Gasteiger partial charge in [-0.15, -0.1) is 18.3 Å². The molecule has 0 fully saturated rings. The molecule has 0 atom stereocenters. The molecule has 0 aliphatic rings. The summed E-state index contributed by atoms with van der Waals surface area (Å²) < 4.78 is 0. The molecule has 1 heteroatoms. The molecular formula is C9H14S. The van der Waals surface area contributed by atoms with Gasteiger partial charge in [0.1, 0.15) is 0 Å². The van der Waals surface area contributed by atoms with E-state index < -0.39 is 0 Å². The van der Waals surface area contributed by atoms with Crippen LogP contribution in [0.5, 0.6) is 0 Å². The maximum atomic E-state index is 3.86. The van der Waals surface area contributed by atoms with Gasteiger partial charge in [0.25, 0.3) is 0 Å². The molecule has 0 aromatic rings. The highest BCUT2D eigenvalue weighted by Crippen LogP contribution is 2.13. The first-order valence-corrected chi connectivity index (χ1v) is 4.39. The lowest BCUT2D eigenvalue weighted by Gasteiger charge is -1.92. The molecule has 0 nitrogen and oxygen atoms in total. The summed E-state index contributed by atoms with van der Waals surface area (Å²) >= 11 is 1.77. The third-order valence-electron chi connectivity index (χ3n) is 0.936. The van der Waals surface area contributed by atoms with Crippen molar-refractivity contribution in [3.63, 3.8) is 0 Å². The molecule has 0 rings (SSSR count). The fraction of sp³-hybridized carbons (Fsp3) is 0.333. The second kappa shape index (κ2) is 6.69. The Labute approximate surface area is 67.7 Å². The molecule has 0 aromatic heterocycles. The maximum absolute atomic E-state index is 3.86. The topological polar surface area (TPSA) is 0 Å². The van der Waals surface area contributed by atoms with Crippen molar-refractivity contribution in [2.75, 3.05) is 5.75 Å². The highest BCUT2D eigenvalue weighted by Gasteiger charge is 1.83. The second-order valence-electron chi connectivity index (χ2n) is 1.83. The van der Waals surface area contributed by atoms with Crippen LogP contribution in [0, 0.1) is 0 Å². The quantitative estimate of drug-likeness (QED) is 0.432. The predicted octanol–water partition coefficient (Wildman–Crippen LogP) is 3.39. The summed E-state index contributed by atoms with van der Waals surface area (Å²) in [7, 11) is 0. The first-order chi connectivity index (χ1) is 4.81. The van der Waals surface area contributed by atoms with Crippen molar-refractivity contribution in [3.05, 3.63) is 36.3 Å². The molecule has 0 aliphatic carbocycles. The SMILES string of the molecule is C=CC/C=C\C(=C)SCC. The van der Waals surface area contributed by atoms with Crippen LogP contribution in [0.3, 0.4) is 0 Å². The third kappa shape index (κ3) is 5.70. The van der Waals surface area contributed by atoms with E-state index in [1.165, 1.54) is 0 Å². The number of rotatable bonds is 5. The lowest BCUT2D eigenvalue weighted by atomic mass is 10.4. The lowest BCUT2D eigenvalue weighted by molar-refractivity contribution is 1.41. The largest absolute Gasteiger partial charge is 0.127 e. The van der Waals surface area contributed by atoms with Crippen LogP contribution >= 0.6 is 11.8 Å². The van der Waals surface area contributed by atoms with E-state index in [-0.39, 0.29) is 0 Å². The van der Waals surface area contributed by atoms with Crippen molar-refractivity contribution >= 4 is 11.8 Å². The fourth-order valence-electron chi connectivity index (χ4n) is 0.529. The molecule has 0 saturated carbocycles. The Hall–Kier alpha value is -0.430. The van der Waals surface area contributed by atoms with E-state index in [4.69, 9.17) is 0 Å². The molecule has 0 aromatic carbocycles. The van der Waals surface area contributed by atoms with Gasteiger partial charge in [-0.1, -0.05) is 31.7 Å². The summed E-state index contributed by atoms with van der Waals surface area (Å²) in [5, 5.41) is 0. The minimum absolute atomic E-state index is 0.934. The second-order valence-corrected chi connectivity index (χ2v) is 3.22. The van der Waals surface area contributed by atoms with Crippen LogP contribution in [-0.4, -0.2) is 5.75 Å². The van der Waals surface area contributed by atoms with Crippen LogP contribution in [0.2, 0.25) is 0 Å². The molecule has 0 saturated heterocycles. The van der Waals surface area contributed by atoms with Crippen LogP contribution in [0.15, 0.2) is 36.3 Å². The van der Waals surface area contributed by atoms with E-state index in [1.807, 2.05) is 12.2 Å². The Balaban J connectivity index is 3.45. The molecule has 0 heterocycles. The van der Waals surface area contributed by atoms with Gasteiger partial charge >= 0.3 is 0 Å². The number of allylic oxidation sites excluding steroid dienone is 3. The normalized spacial score (nSPS) is 10.1. The number of hydrogen-bond acceptors (Lipinski definition) is 1. The summed E-state index contributed by atoms with van der Waals surface area (Å²) in [6, 6.07) is 0. The lowest BCUT2D eigenvalue weighted by Crippen LogP contribution is -1.68. The van der Waals surface area contributed by atoms with Gasteiger partial charge in [0.15, 0.2) is 0 Å². The standard InChI is InChI=1S/C9H14S/c1-4-6-7-8-9(3)10-5-2/h4,7-8H,1,3,5-6H2,2H3/b8-7-. The van der Waals surface area contributed by atoms with Crippen molar-refractivity contribution in [1.82, 2.24) is 0 Å². The Kier molecular flexibility index (Phi) is 6.40. The van der Waals surface area contributed by atoms with Gasteiger partial charge in [0.2, 0.25) is 0 Å². The van der Waals surface area contributed by atoms with Crippen LogP contribution in [0.1, 0.15) is 13.3 Å². The zero-order chi connectivity index (χ0) is 7.82. The van der Waals surface area contributed by atoms with E-state index in [1.54, 1.807) is 11.8 Å². The van der Waals surface area contributed by atoms with Crippen molar-refractivity contribution < 1.29 is 0 Å². The monoisotopic (exact) mass is 154 g/mol. The summed E-state index contributed by atoms with van der Waals surface area (Å²) in [6.45, 7) is 9.60. The molecule has 0 N–H and O–H groups in total. The van der Waals surface area contributed by atoms with E-state index >= 15 is 0 Å². The zero-order valence-electron chi connectivity index (χ0n) is 6.47. The average Bonchev–Trinajstić information content (AvgIpc) is 1.89. The van der Waals surface area contributed by atoms with Crippen LogP contribution in [-0.2, 0) is 0 Å². The zero-order valence-corrected chi connectivity index (χ0v) is 7.29. The Morgan fingerprint density at radius 1 is 1.60 bits per heavy atom. The third-order valence-corrected chi connectivity index (χ3v) is 1.73. The first-order valence-electron chi connectivity index (χ1n) is 3.40. The van der Waals surface area contributed by atoms with Gasteiger partial charge in [0, 0.05) is 0 Å². The van der Waals surface area contributed by atoms with E-state index in [9.17, 15) is 0 Å². The summed E-state index contributed by atoms with van der Waals surface area (Å²) in [4.78, 5) is 1.13. The molecule has 0 amide bonds. The molecule has 10 heavy (non-hydrogen) atoms. The van der Waals surface area contributed by atoms with E-state index in [2.05, 4.69) is 26.2 Å². The minimum Gasteiger partial charge on any atom is -0.127 e. The summed E-state index contributed by atoms with van der Waals surface area (Å²) in [6.07, 6.45) is 6.91. The van der Waals surface area contributed by atoms with Crippen LogP contribution in [0.4, 0.5) is 0 Å². The molecule has 0 spiro atoms. The Morgan fingerprint density at radius 2 is 2.30 bits per heavy atom. The van der Waals surface area contributed by atoms with Crippen molar-refractivity contribution in [2.45, 2.75) is 13.3 Å².